The first kappa shape index (κ1) is 15.7. The number of hydrogen-bond acceptors (Lipinski definition) is 4. The van der Waals surface area contributed by atoms with Gasteiger partial charge in [-0.2, -0.15) is 0 Å². The molecule has 0 saturated heterocycles. The van der Waals surface area contributed by atoms with Gasteiger partial charge < -0.3 is 9.52 Å². The van der Waals surface area contributed by atoms with Crippen LogP contribution in [-0.2, 0) is 16.2 Å². The van der Waals surface area contributed by atoms with E-state index >= 15 is 0 Å². The molecular weight excluding hydrogens is 292 g/mol. The van der Waals surface area contributed by atoms with Gasteiger partial charge in [-0.05, 0) is 42.7 Å². The van der Waals surface area contributed by atoms with Crippen molar-refractivity contribution in [3.05, 3.63) is 59.6 Å². The average molecular weight is 312 g/mol. The van der Waals surface area contributed by atoms with Gasteiger partial charge >= 0.3 is 0 Å². The maximum absolute atomic E-state index is 13.0. The highest BCUT2D eigenvalue weighted by Crippen LogP contribution is 2.55. The maximum atomic E-state index is 13.0. The number of Topliss-reactive ketones (excluding diaryl/α,β-unsaturated/α-hetero) is 1. The molecule has 3 atom stereocenters. The minimum absolute atomic E-state index is 0.0112. The largest absolute Gasteiger partial charge is 0.463 e. The second kappa shape index (κ2) is 5.46. The van der Waals surface area contributed by atoms with Crippen LogP contribution in [-0.4, -0.2) is 16.7 Å². The summed E-state index contributed by atoms with van der Waals surface area (Å²) in [4.78, 5) is 25.4. The normalized spacial score (nSPS) is 30.6. The number of aliphatic hydroxyl groups is 1. The molecule has 0 spiro atoms. The minimum atomic E-state index is -0.890. The number of furan rings is 1. The van der Waals surface area contributed by atoms with E-state index in [4.69, 9.17) is 4.42 Å². The highest BCUT2D eigenvalue weighted by atomic mass is 16.4. The fraction of sp³-hybridized carbons (Fsp3) is 0.368. The molecule has 4 heteroatoms. The number of aliphatic hydroxyl groups excluding tert-OH is 1. The second-order valence-electron chi connectivity index (χ2n) is 6.43. The Bertz CT molecular complexity index is 749. The van der Waals surface area contributed by atoms with E-state index in [1.165, 1.54) is 6.08 Å². The summed E-state index contributed by atoms with van der Waals surface area (Å²) in [6.07, 6.45) is 5.67. The molecule has 2 aliphatic carbocycles. The van der Waals surface area contributed by atoms with E-state index in [0.29, 0.717) is 23.5 Å². The van der Waals surface area contributed by atoms with Crippen LogP contribution in [0.3, 0.4) is 0 Å². The second-order valence-corrected chi connectivity index (χ2v) is 6.43. The number of allylic oxidation sites excluding steroid dienone is 5. The maximum Gasteiger partial charge on any atom is 0.166 e. The SMILES string of the molecule is C=CC1=CCC2C(=O)C=C(C)C(=O)C2(C)C1c1ccc(CO)o1. The minimum Gasteiger partial charge on any atom is -0.463 e. The van der Waals surface area contributed by atoms with Crippen LogP contribution in [0.5, 0.6) is 0 Å². The van der Waals surface area contributed by atoms with Gasteiger partial charge in [0.05, 0.1) is 11.3 Å². The zero-order valence-corrected chi connectivity index (χ0v) is 13.3. The number of hydrogen-bond donors (Lipinski definition) is 1. The quantitative estimate of drug-likeness (QED) is 0.931. The smallest absolute Gasteiger partial charge is 0.166 e. The summed E-state index contributed by atoms with van der Waals surface area (Å²) in [6.45, 7) is 7.18. The van der Waals surface area contributed by atoms with E-state index in [9.17, 15) is 14.7 Å². The molecule has 1 N–H and O–H groups in total. The van der Waals surface area contributed by atoms with Gasteiger partial charge in [0.25, 0.3) is 0 Å². The van der Waals surface area contributed by atoms with Crippen LogP contribution in [0.1, 0.15) is 37.7 Å². The molecule has 0 fully saturated rings. The predicted molar refractivity (Wildman–Crippen MR) is 85.6 cm³/mol. The molecule has 4 nitrogen and oxygen atoms in total. The van der Waals surface area contributed by atoms with Crippen molar-refractivity contribution in [2.75, 3.05) is 0 Å². The summed E-state index contributed by atoms with van der Waals surface area (Å²) in [5.41, 5.74) is 0.482. The molecule has 0 aliphatic heterocycles. The van der Waals surface area contributed by atoms with Crippen LogP contribution >= 0.6 is 0 Å². The van der Waals surface area contributed by atoms with E-state index in [0.717, 1.165) is 5.57 Å². The molecule has 0 aromatic carbocycles. The summed E-state index contributed by atoms with van der Waals surface area (Å²) in [7, 11) is 0. The average Bonchev–Trinajstić information content (AvgIpc) is 3.00. The lowest BCUT2D eigenvalue weighted by Crippen LogP contribution is -2.49. The highest BCUT2D eigenvalue weighted by molar-refractivity contribution is 6.13. The third-order valence-corrected chi connectivity index (χ3v) is 5.15. The molecule has 0 bridgehead atoms. The van der Waals surface area contributed by atoms with Crippen molar-refractivity contribution in [1.29, 1.82) is 0 Å². The Kier molecular flexibility index (Phi) is 3.72. The van der Waals surface area contributed by atoms with E-state index in [1.54, 1.807) is 25.1 Å². The van der Waals surface area contributed by atoms with Gasteiger partial charge in [0.15, 0.2) is 11.6 Å². The van der Waals surface area contributed by atoms with Crippen molar-refractivity contribution in [1.82, 2.24) is 0 Å². The van der Waals surface area contributed by atoms with Gasteiger partial charge in [-0.25, -0.2) is 0 Å². The van der Waals surface area contributed by atoms with Crippen molar-refractivity contribution >= 4 is 11.6 Å². The standard InChI is InChI=1S/C19H20O4/c1-4-12-5-7-14-15(21)9-11(2)18(22)19(14,3)17(12)16-8-6-13(10-20)23-16/h4-6,8-9,14,17,20H,1,7,10H2,2-3H3. The van der Waals surface area contributed by atoms with Crippen molar-refractivity contribution in [2.24, 2.45) is 11.3 Å². The predicted octanol–water partition coefficient (Wildman–Crippen LogP) is 3.09. The molecule has 0 amide bonds. The topological polar surface area (TPSA) is 67.5 Å². The monoisotopic (exact) mass is 312 g/mol. The Hall–Kier alpha value is -2.20. The fourth-order valence-corrected chi connectivity index (χ4v) is 3.96. The molecule has 1 aromatic heterocycles. The summed E-state index contributed by atoms with van der Waals surface area (Å²) >= 11 is 0. The molecule has 1 heterocycles. The van der Waals surface area contributed by atoms with Crippen LogP contribution in [0.15, 0.2) is 52.5 Å². The lowest BCUT2D eigenvalue weighted by atomic mass is 9.54. The Morgan fingerprint density at radius 2 is 2.17 bits per heavy atom. The lowest BCUT2D eigenvalue weighted by molar-refractivity contribution is -0.137. The van der Waals surface area contributed by atoms with Gasteiger partial charge in [-0.1, -0.05) is 25.7 Å². The van der Waals surface area contributed by atoms with Gasteiger partial charge in [0, 0.05) is 5.92 Å². The zero-order chi connectivity index (χ0) is 16.8. The van der Waals surface area contributed by atoms with E-state index in [2.05, 4.69) is 6.58 Å². The first-order valence-electron chi connectivity index (χ1n) is 7.72. The third kappa shape index (κ3) is 2.17. The summed E-state index contributed by atoms with van der Waals surface area (Å²) < 4.78 is 5.72. The first-order chi connectivity index (χ1) is 10.9. The molecule has 3 rings (SSSR count). The van der Waals surface area contributed by atoms with Gasteiger partial charge in [-0.3, -0.25) is 9.59 Å². The molecule has 3 unspecified atom stereocenters. The van der Waals surface area contributed by atoms with Crippen LogP contribution in [0.4, 0.5) is 0 Å². The molecule has 120 valence electrons. The number of carbonyl (C=O) groups is 2. The van der Waals surface area contributed by atoms with Crippen LogP contribution < -0.4 is 0 Å². The van der Waals surface area contributed by atoms with Crippen molar-refractivity contribution in [2.45, 2.75) is 32.8 Å². The summed E-state index contributed by atoms with van der Waals surface area (Å²) in [6, 6.07) is 3.47. The van der Waals surface area contributed by atoms with E-state index in [1.807, 2.05) is 13.0 Å². The number of ketones is 2. The van der Waals surface area contributed by atoms with Crippen LogP contribution in [0.2, 0.25) is 0 Å². The number of fused-ring (bicyclic) bond motifs is 1. The molecule has 1 aromatic rings. The Labute approximate surface area is 135 Å². The van der Waals surface area contributed by atoms with E-state index in [-0.39, 0.29) is 24.1 Å². The summed E-state index contributed by atoms with van der Waals surface area (Å²) in [5.74, 6) is 0.220. The molecule has 0 radical (unpaired) electrons. The zero-order valence-electron chi connectivity index (χ0n) is 13.3. The lowest BCUT2D eigenvalue weighted by Gasteiger charge is -2.46. The van der Waals surface area contributed by atoms with Gasteiger partial charge in [-0.15, -0.1) is 0 Å². The molecule has 2 aliphatic rings. The fourth-order valence-electron chi connectivity index (χ4n) is 3.96. The van der Waals surface area contributed by atoms with Gasteiger partial charge in [0.2, 0.25) is 0 Å². The Morgan fingerprint density at radius 1 is 1.43 bits per heavy atom. The highest BCUT2D eigenvalue weighted by Gasteiger charge is 2.55. The van der Waals surface area contributed by atoms with E-state index < -0.39 is 11.3 Å². The summed E-state index contributed by atoms with van der Waals surface area (Å²) in [5, 5.41) is 9.25. The Morgan fingerprint density at radius 3 is 2.78 bits per heavy atom. The van der Waals surface area contributed by atoms with Crippen molar-refractivity contribution in [3.63, 3.8) is 0 Å². The molecule has 23 heavy (non-hydrogen) atoms. The molecule has 0 saturated carbocycles. The van der Waals surface area contributed by atoms with Crippen molar-refractivity contribution in [3.8, 4) is 0 Å². The van der Waals surface area contributed by atoms with Crippen LogP contribution in [0.25, 0.3) is 0 Å². The molecular formula is C19H20O4. The Balaban J connectivity index is 2.20. The first-order valence-corrected chi connectivity index (χ1v) is 7.72. The number of carbonyl (C=O) groups excluding carboxylic acids is 2. The third-order valence-electron chi connectivity index (χ3n) is 5.15. The van der Waals surface area contributed by atoms with Crippen LogP contribution in [0, 0.1) is 11.3 Å². The van der Waals surface area contributed by atoms with Crippen molar-refractivity contribution < 1.29 is 19.1 Å². The van der Waals surface area contributed by atoms with Gasteiger partial charge in [0.1, 0.15) is 18.1 Å². The number of rotatable bonds is 3.